The molecule has 0 heterocycles. The van der Waals surface area contributed by atoms with E-state index < -0.39 is 11.3 Å². The molecule has 0 aliphatic heterocycles. The Kier molecular flexibility index (Phi) is 5.72. The summed E-state index contributed by atoms with van der Waals surface area (Å²) in [6.07, 6.45) is 1.76. The van der Waals surface area contributed by atoms with E-state index in [1.165, 1.54) is 0 Å². The van der Waals surface area contributed by atoms with Crippen molar-refractivity contribution in [1.29, 1.82) is 0 Å². The Morgan fingerprint density at radius 2 is 1.67 bits per heavy atom. The molecule has 5 heteroatoms. The highest BCUT2D eigenvalue weighted by Crippen LogP contribution is 2.42. The first-order chi connectivity index (χ1) is 12.7. The Bertz CT molecular complexity index is 931. The minimum atomic E-state index is -0.717. The number of hydrogen-bond acceptors (Lipinski definition) is 2. The van der Waals surface area contributed by atoms with Crippen LogP contribution in [0, 0.1) is 5.41 Å². The van der Waals surface area contributed by atoms with Gasteiger partial charge in [-0.2, -0.15) is 0 Å². The van der Waals surface area contributed by atoms with E-state index in [4.69, 9.17) is 34.8 Å². The Hall–Kier alpha value is -1.35. The highest BCUT2D eigenvalue weighted by molar-refractivity contribution is 6.44. The molecule has 2 nitrogen and oxygen atoms in total. The van der Waals surface area contributed by atoms with Crippen molar-refractivity contribution < 1.29 is 9.59 Å². The van der Waals surface area contributed by atoms with Gasteiger partial charge in [0, 0.05) is 22.4 Å². The predicted octanol–water partition coefficient (Wildman–Crippen LogP) is 6.92. The lowest BCUT2D eigenvalue weighted by Crippen LogP contribution is -2.39. The van der Waals surface area contributed by atoms with Gasteiger partial charge in [0.15, 0.2) is 5.78 Å². The second-order valence-electron chi connectivity index (χ2n) is 7.66. The Morgan fingerprint density at radius 3 is 2.33 bits per heavy atom. The lowest BCUT2D eigenvalue weighted by atomic mass is 9.67. The summed E-state index contributed by atoms with van der Waals surface area (Å²) < 4.78 is 0. The standard InChI is InChI=1S/C22H21Cl3O2/c1-4-12-5-6-13(14-10-17(24)18(25)11-16(14)23)9-15(12)20-19(26)7-8-22(2,3)21(20)27/h5-6,9-11,20H,4,7-8H2,1-3H3. The van der Waals surface area contributed by atoms with E-state index in [1.807, 2.05) is 39.0 Å². The third-order valence-corrected chi connectivity index (χ3v) is 6.44. The summed E-state index contributed by atoms with van der Waals surface area (Å²) >= 11 is 18.6. The van der Waals surface area contributed by atoms with Gasteiger partial charge in [-0.05, 0) is 47.7 Å². The monoisotopic (exact) mass is 422 g/mol. The first-order valence-corrected chi connectivity index (χ1v) is 10.1. The number of halogens is 3. The van der Waals surface area contributed by atoms with E-state index in [9.17, 15) is 9.59 Å². The molecule has 0 saturated heterocycles. The maximum atomic E-state index is 13.1. The van der Waals surface area contributed by atoms with E-state index in [-0.39, 0.29) is 11.6 Å². The molecule has 0 amide bonds. The molecule has 2 aromatic carbocycles. The second kappa shape index (κ2) is 7.58. The predicted molar refractivity (Wildman–Crippen MR) is 112 cm³/mol. The number of rotatable bonds is 3. The van der Waals surface area contributed by atoms with Crippen LogP contribution in [0.2, 0.25) is 15.1 Å². The lowest BCUT2D eigenvalue weighted by Gasteiger charge is -2.33. The topological polar surface area (TPSA) is 34.1 Å². The van der Waals surface area contributed by atoms with Gasteiger partial charge in [-0.1, -0.05) is 67.7 Å². The summed E-state index contributed by atoms with van der Waals surface area (Å²) in [6.45, 7) is 5.85. The van der Waals surface area contributed by atoms with E-state index in [0.717, 1.165) is 28.7 Å². The van der Waals surface area contributed by atoms with Crippen LogP contribution >= 0.6 is 34.8 Å². The fraction of sp³-hybridized carbons (Fsp3) is 0.364. The van der Waals surface area contributed by atoms with Gasteiger partial charge in [0.1, 0.15) is 11.7 Å². The van der Waals surface area contributed by atoms with Crippen LogP contribution in [0.3, 0.4) is 0 Å². The molecule has 1 fully saturated rings. The number of ketones is 2. The number of carbonyl (C=O) groups is 2. The summed E-state index contributed by atoms with van der Waals surface area (Å²) in [4.78, 5) is 25.7. The van der Waals surface area contributed by atoms with Crippen molar-refractivity contribution in [2.75, 3.05) is 0 Å². The van der Waals surface area contributed by atoms with Crippen molar-refractivity contribution in [3.63, 3.8) is 0 Å². The molecular formula is C22H21Cl3O2. The summed E-state index contributed by atoms with van der Waals surface area (Å²) in [5.41, 5.74) is 2.82. The molecule has 2 aromatic rings. The van der Waals surface area contributed by atoms with Crippen LogP contribution in [0.4, 0.5) is 0 Å². The largest absolute Gasteiger partial charge is 0.299 e. The fourth-order valence-corrected chi connectivity index (χ4v) is 4.31. The van der Waals surface area contributed by atoms with Gasteiger partial charge in [0.05, 0.1) is 10.0 Å². The minimum Gasteiger partial charge on any atom is -0.299 e. The highest BCUT2D eigenvalue weighted by atomic mass is 35.5. The lowest BCUT2D eigenvalue weighted by molar-refractivity contribution is -0.139. The average molecular weight is 424 g/mol. The first kappa shape index (κ1) is 20.4. The van der Waals surface area contributed by atoms with E-state index in [2.05, 4.69) is 0 Å². The molecule has 1 saturated carbocycles. The molecule has 1 aliphatic carbocycles. The Labute approximate surface area is 174 Å². The summed E-state index contributed by atoms with van der Waals surface area (Å²) in [7, 11) is 0. The Morgan fingerprint density at radius 1 is 1.00 bits per heavy atom. The molecule has 27 heavy (non-hydrogen) atoms. The van der Waals surface area contributed by atoms with Crippen LogP contribution in [-0.2, 0) is 16.0 Å². The van der Waals surface area contributed by atoms with E-state index in [0.29, 0.717) is 27.9 Å². The molecule has 0 radical (unpaired) electrons. The van der Waals surface area contributed by atoms with Gasteiger partial charge < -0.3 is 0 Å². The van der Waals surface area contributed by atoms with Crippen LogP contribution in [0.25, 0.3) is 11.1 Å². The van der Waals surface area contributed by atoms with Crippen LogP contribution < -0.4 is 0 Å². The van der Waals surface area contributed by atoms with Gasteiger partial charge in [0.25, 0.3) is 0 Å². The smallest absolute Gasteiger partial charge is 0.153 e. The van der Waals surface area contributed by atoms with Crippen LogP contribution in [0.1, 0.15) is 50.7 Å². The molecule has 0 spiro atoms. The zero-order valence-corrected chi connectivity index (χ0v) is 17.8. The van der Waals surface area contributed by atoms with E-state index in [1.54, 1.807) is 12.1 Å². The number of aryl methyl sites for hydroxylation is 1. The molecule has 3 rings (SSSR count). The third-order valence-electron chi connectivity index (χ3n) is 5.41. The molecule has 0 N–H and O–H groups in total. The number of hydrogen-bond donors (Lipinski definition) is 0. The van der Waals surface area contributed by atoms with Crippen LogP contribution in [-0.4, -0.2) is 11.6 Å². The molecule has 1 unspecified atom stereocenters. The number of carbonyl (C=O) groups excluding carboxylic acids is 2. The number of benzene rings is 2. The molecule has 142 valence electrons. The van der Waals surface area contributed by atoms with E-state index >= 15 is 0 Å². The summed E-state index contributed by atoms with van der Waals surface area (Å²) in [5.74, 6) is -0.734. The van der Waals surface area contributed by atoms with Crippen molar-refractivity contribution in [3.05, 3.63) is 56.5 Å². The van der Waals surface area contributed by atoms with Gasteiger partial charge in [-0.3, -0.25) is 9.59 Å². The van der Waals surface area contributed by atoms with Crippen LogP contribution in [0.15, 0.2) is 30.3 Å². The maximum Gasteiger partial charge on any atom is 0.153 e. The number of Topliss-reactive ketones (excluding diaryl/α,β-unsaturated/α-hetero) is 2. The molecule has 0 aromatic heterocycles. The Balaban J connectivity index is 2.16. The van der Waals surface area contributed by atoms with Crippen molar-refractivity contribution in [2.45, 2.75) is 46.0 Å². The third kappa shape index (κ3) is 3.81. The van der Waals surface area contributed by atoms with Crippen LogP contribution in [0.5, 0.6) is 0 Å². The molecule has 1 aliphatic rings. The minimum absolute atomic E-state index is 0.00795. The molecule has 1 atom stereocenters. The van der Waals surface area contributed by atoms with Gasteiger partial charge in [0.2, 0.25) is 0 Å². The van der Waals surface area contributed by atoms with Gasteiger partial charge >= 0.3 is 0 Å². The molecular weight excluding hydrogens is 403 g/mol. The SMILES string of the molecule is CCc1ccc(-c2cc(Cl)c(Cl)cc2Cl)cc1C1C(=O)CCC(C)(C)C1=O. The zero-order chi connectivity index (χ0) is 19.9. The quantitative estimate of drug-likeness (QED) is 0.396. The van der Waals surface area contributed by atoms with Crippen molar-refractivity contribution in [2.24, 2.45) is 5.41 Å². The fourth-order valence-electron chi connectivity index (χ4n) is 3.65. The van der Waals surface area contributed by atoms with Crippen molar-refractivity contribution in [1.82, 2.24) is 0 Å². The maximum absolute atomic E-state index is 13.1. The summed E-state index contributed by atoms with van der Waals surface area (Å²) in [5, 5.41) is 1.26. The first-order valence-electron chi connectivity index (χ1n) is 9.00. The zero-order valence-electron chi connectivity index (χ0n) is 15.5. The van der Waals surface area contributed by atoms with Crippen molar-refractivity contribution >= 4 is 46.4 Å². The highest BCUT2D eigenvalue weighted by Gasteiger charge is 2.43. The second-order valence-corrected chi connectivity index (χ2v) is 8.88. The normalized spacial score (nSPS) is 19.4. The summed E-state index contributed by atoms with van der Waals surface area (Å²) in [6, 6.07) is 9.13. The van der Waals surface area contributed by atoms with Crippen molar-refractivity contribution in [3.8, 4) is 11.1 Å². The average Bonchev–Trinajstić information content (AvgIpc) is 2.62. The molecule has 0 bridgehead atoms. The van der Waals surface area contributed by atoms with Gasteiger partial charge in [-0.15, -0.1) is 0 Å². The van der Waals surface area contributed by atoms with Gasteiger partial charge in [-0.25, -0.2) is 0 Å².